The molecule has 7 heteroatoms. The number of pyridine rings is 4. The van der Waals surface area contributed by atoms with Crippen molar-refractivity contribution in [2.24, 2.45) is 0 Å². The molecule has 168 valence electrons. The lowest BCUT2D eigenvalue weighted by Gasteiger charge is -2.27. The van der Waals surface area contributed by atoms with E-state index in [4.69, 9.17) is 9.72 Å². The van der Waals surface area contributed by atoms with Gasteiger partial charge in [0.05, 0.1) is 29.9 Å². The Hall–Kier alpha value is -4.10. The topological polar surface area (TPSA) is 73.1 Å². The van der Waals surface area contributed by atoms with Crippen molar-refractivity contribution in [1.29, 1.82) is 0 Å². The fourth-order valence-corrected chi connectivity index (χ4v) is 4.47. The summed E-state index contributed by atoms with van der Waals surface area (Å²) >= 11 is 0. The smallest absolute Gasteiger partial charge is 0.255 e. The SMILES string of the molecule is Cc1cccc(-n2c(=O)ccc3cnc4ccc(-c5ccc(N6CCOCC6)nc5)nc4c32)c1. The number of morpholine rings is 1. The highest BCUT2D eigenvalue weighted by atomic mass is 16.5. The van der Waals surface area contributed by atoms with E-state index >= 15 is 0 Å². The first kappa shape index (κ1) is 20.5. The van der Waals surface area contributed by atoms with E-state index in [2.05, 4.69) is 14.9 Å². The van der Waals surface area contributed by atoms with E-state index in [0.29, 0.717) is 5.52 Å². The lowest BCUT2D eigenvalue weighted by molar-refractivity contribution is 0.122. The van der Waals surface area contributed by atoms with Gasteiger partial charge in [-0.3, -0.25) is 14.3 Å². The van der Waals surface area contributed by atoms with E-state index < -0.39 is 0 Å². The molecule has 0 N–H and O–H groups in total. The molecular formula is C27H23N5O2. The number of anilines is 1. The fourth-order valence-electron chi connectivity index (χ4n) is 4.47. The number of ether oxygens (including phenoxy) is 1. The molecular weight excluding hydrogens is 426 g/mol. The highest BCUT2D eigenvalue weighted by Gasteiger charge is 2.15. The number of aromatic nitrogens is 4. The van der Waals surface area contributed by atoms with E-state index in [-0.39, 0.29) is 5.56 Å². The predicted octanol–water partition coefficient (Wildman–Crippen LogP) is 4.14. The summed E-state index contributed by atoms with van der Waals surface area (Å²) in [6.45, 7) is 5.14. The van der Waals surface area contributed by atoms with Gasteiger partial charge in [-0.1, -0.05) is 12.1 Å². The quantitative estimate of drug-likeness (QED) is 0.386. The van der Waals surface area contributed by atoms with Gasteiger partial charge in [0.15, 0.2) is 0 Å². The molecule has 34 heavy (non-hydrogen) atoms. The summed E-state index contributed by atoms with van der Waals surface area (Å²) in [5.41, 5.74) is 5.67. The van der Waals surface area contributed by atoms with Crippen molar-refractivity contribution in [2.75, 3.05) is 31.2 Å². The Bertz CT molecular complexity index is 1570. The zero-order chi connectivity index (χ0) is 23.1. The van der Waals surface area contributed by atoms with Crippen LogP contribution >= 0.6 is 0 Å². The third kappa shape index (κ3) is 3.60. The van der Waals surface area contributed by atoms with Crippen LogP contribution in [0.25, 0.3) is 38.9 Å². The van der Waals surface area contributed by atoms with Crippen LogP contribution in [0.5, 0.6) is 0 Å². The molecule has 7 nitrogen and oxygen atoms in total. The number of benzene rings is 1. The Balaban J connectivity index is 1.51. The molecule has 4 aromatic heterocycles. The van der Waals surface area contributed by atoms with Gasteiger partial charge in [0.25, 0.3) is 5.56 Å². The van der Waals surface area contributed by atoms with Gasteiger partial charge in [-0.15, -0.1) is 0 Å². The molecule has 0 amide bonds. The Morgan fingerprint density at radius 1 is 0.912 bits per heavy atom. The van der Waals surface area contributed by atoms with Gasteiger partial charge in [-0.2, -0.15) is 0 Å². The van der Waals surface area contributed by atoms with Crippen LogP contribution in [0.4, 0.5) is 5.82 Å². The monoisotopic (exact) mass is 449 g/mol. The molecule has 1 fully saturated rings. The van der Waals surface area contributed by atoms with E-state index in [0.717, 1.165) is 71.0 Å². The third-order valence-electron chi connectivity index (χ3n) is 6.20. The van der Waals surface area contributed by atoms with Gasteiger partial charge < -0.3 is 9.64 Å². The number of fused-ring (bicyclic) bond motifs is 3. The fraction of sp³-hybridized carbons (Fsp3) is 0.185. The van der Waals surface area contributed by atoms with Crippen LogP contribution in [0.1, 0.15) is 5.56 Å². The first-order valence-electron chi connectivity index (χ1n) is 11.3. The van der Waals surface area contributed by atoms with Crippen LogP contribution in [0, 0.1) is 6.92 Å². The van der Waals surface area contributed by atoms with Crippen LogP contribution in [0.2, 0.25) is 0 Å². The predicted molar refractivity (Wildman–Crippen MR) is 134 cm³/mol. The second kappa shape index (κ2) is 8.35. The molecule has 0 atom stereocenters. The van der Waals surface area contributed by atoms with Crippen LogP contribution < -0.4 is 10.5 Å². The third-order valence-corrected chi connectivity index (χ3v) is 6.20. The van der Waals surface area contributed by atoms with E-state index in [1.807, 2.05) is 67.7 Å². The normalized spacial score (nSPS) is 14.1. The molecule has 1 aliphatic rings. The second-order valence-electron chi connectivity index (χ2n) is 8.48. The standard InChI is InChI=1S/C27H23N5O2/c1-18-3-2-4-21(15-18)32-25(33)10-6-20-17-28-23-8-7-22(30-26(23)27(20)32)19-5-9-24(29-16-19)31-11-13-34-14-12-31/h2-10,15-17H,11-14H2,1H3. The lowest BCUT2D eigenvalue weighted by Crippen LogP contribution is -2.36. The Kier molecular flexibility index (Phi) is 5.04. The highest BCUT2D eigenvalue weighted by Crippen LogP contribution is 2.27. The number of hydrogen-bond acceptors (Lipinski definition) is 6. The van der Waals surface area contributed by atoms with Crippen molar-refractivity contribution in [3.05, 3.63) is 89.0 Å². The molecule has 0 unspecified atom stereocenters. The van der Waals surface area contributed by atoms with Crippen molar-refractivity contribution in [3.63, 3.8) is 0 Å². The molecule has 1 saturated heterocycles. The van der Waals surface area contributed by atoms with Gasteiger partial charge in [0.1, 0.15) is 11.3 Å². The molecule has 1 aliphatic heterocycles. The highest BCUT2D eigenvalue weighted by molar-refractivity contribution is 6.02. The summed E-state index contributed by atoms with van der Waals surface area (Å²) in [5, 5.41) is 0.860. The Labute approximate surface area is 196 Å². The molecule has 0 radical (unpaired) electrons. The van der Waals surface area contributed by atoms with Crippen molar-refractivity contribution in [1.82, 2.24) is 19.5 Å². The maximum atomic E-state index is 13.0. The zero-order valence-corrected chi connectivity index (χ0v) is 18.8. The molecule has 0 spiro atoms. The van der Waals surface area contributed by atoms with Crippen LogP contribution in [-0.2, 0) is 4.74 Å². The van der Waals surface area contributed by atoms with Crippen molar-refractivity contribution in [2.45, 2.75) is 6.92 Å². The summed E-state index contributed by atoms with van der Waals surface area (Å²) in [7, 11) is 0. The maximum absolute atomic E-state index is 13.0. The molecule has 0 saturated carbocycles. The first-order valence-corrected chi connectivity index (χ1v) is 11.3. The zero-order valence-electron chi connectivity index (χ0n) is 18.8. The molecule has 5 aromatic rings. The molecule has 6 rings (SSSR count). The summed E-state index contributed by atoms with van der Waals surface area (Å²) in [6.07, 6.45) is 3.65. The molecule has 5 heterocycles. The number of hydrogen-bond donors (Lipinski definition) is 0. The average Bonchev–Trinajstić information content (AvgIpc) is 2.89. The van der Waals surface area contributed by atoms with Crippen molar-refractivity contribution < 1.29 is 4.74 Å². The van der Waals surface area contributed by atoms with Gasteiger partial charge in [-0.05, 0) is 55.0 Å². The largest absolute Gasteiger partial charge is 0.378 e. The lowest BCUT2D eigenvalue weighted by atomic mass is 10.1. The van der Waals surface area contributed by atoms with E-state index in [9.17, 15) is 4.79 Å². The number of aryl methyl sites for hydroxylation is 1. The summed E-state index contributed by atoms with van der Waals surface area (Å²) in [4.78, 5) is 29.5. The Morgan fingerprint density at radius 3 is 2.59 bits per heavy atom. The molecule has 1 aromatic carbocycles. The maximum Gasteiger partial charge on any atom is 0.255 e. The van der Waals surface area contributed by atoms with Gasteiger partial charge >= 0.3 is 0 Å². The average molecular weight is 450 g/mol. The minimum Gasteiger partial charge on any atom is -0.378 e. The second-order valence-corrected chi connectivity index (χ2v) is 8.48. The number of nitrogens with zero attached hydrogens (tertiary/aromatic N) is 5. The van der Waals surface area contributed by atoms with Gasteiger partial charge in [0, 0.05) is 48.2 Å². The Morgan fingerprint density at radius 2 is 1.79 bits per heavy atom. The molecule has 0 aliphatic carbocycles. The van der Waals surface area contributed by atoms with Crippen LogP contribution in [0.15, 0.2) is 77.9 Å². The van der Waals surface area contributed by atoms with Crippen LogP contribution in [-0.4, -0.2) is 45.8 Å². The van der Waals surface area contributed by atoms with Gasteiger partial charge in [-0.25, -0.2) is 9.97 Å². The number of rotatable bonds is 3. The molecule has 0 bridgehead atoms. The summed E-state index contributed by atoms with van der Waals surface area (Å²) in [5.74, 6) is 0.938. The van der Waals surface area contributed by atoms with Crippen molar-refractivity contribution in [3.8, 4) is 16.9 Å². The van der Waals surface area contributed by atoms with Crippen LogP contribution in [0.3, 0.4) is 0 Å². The summed E-state index contributed by atoms with van der Waals surface area (Å²) in [6, 6.07) is 19.3. The summed E-state index contributed by atoms with van der Waals surface area (Å²) < 4.78 is 7.16. The van der Waals surface area contributed by atoms with Crippen molar-refractivity contribution >= 4 is 27.8 Å². The first-order chi connectivity index (χ1) is 16.7. The van der Waals surface area contributed by atoms with E-state index in [1.54, 1.807) is 16.8 Å². The minimum atomic E-state index is -0.102. The van der Waals surface area contributed by atoms with E-state index in [1.165, 1.54) is 0 Å². The van der Waals surface area contributed by atoms with Gasteiger partial charge in [0.2, 0.25) is 0 Å². The minimum absolute atomic E-state index is 0.102.